The highest BCUT2D eigenvalue weighted by molar-refractivity contribution is 4.90. The Bertz CT molecular complexity index is 140. The summed E-state index contributed by atoms with van der Waals surface area (Å²) in [5.41, 5.74) is 0. The summed E-state index contributed by atoms with van der Waals surface area (Å²) < 4.78 is 5.63. The van der Waals surface area contributed by atoms with Crippen LogP contribution in [-0.2, 0) is 4.74 Å². The van der Waals surface area contributed by atoms with Gasteiger partial charge in [0.25, 0.3) is 0 Å². The van der Waals surface area contributed by atoms with E-state index in [4.69, 9.17) is 4.74 Å². The van der Waals surface area contributed by atoms with Crippen LogP contribution >= 0.6 is 0 Å². The molecule has 1 aliphatic rings. The molecule has 2 unspecified atom stereocenters. The van der Waals surface area contributed by atoms with Gasteiger partial charge in [0.2, 0.25) is 0 Å². The zero-order valence-corrected chi connectivity index (χ0v) is 8.58. The van der Waals surface area contributed by atoms with Gasteiger partial charge >= 0.3 is 0 Å². The molecule has 12 heavy (non-hydrogen) atoms. The van der Waals surface area contributed by atoms with Gasteiger partial charge in [0.1, 0.15) is 6.10 Å². The highest BCUT2D eigenvalue weighted by Gasteiger charge is 2.28. The molecule has 0 amide bonds. The van der Waals surface area contributed by atoms with Gasteiger partial charge in [0, 0.05) is 5.92 Å². The van der Waals surface area contributed by atoms with Gasteiger partial charge < -0.3 is 4.74 Å². The third-order valence-electron chi connectivity index (χ3n) is 2.68. The van der Waals surface area contributed by atoms with Crippen molar-refractivity contribution < 1.29 is 4.74 Å². The van der Waals surface area contributed by atoms with Crippen molar-refractivity contribution in [2.75, 3.05) is 0 Å². The van der Waals surface area contributed by atoms with Crippen molar-refractivity contribution in [3.63, 3.8) is 0 Å². The van der Waals surface area contributed by atoms with Gasteiger partial charge in [-0.05, 0) is 24.3 Å². The fourth-order valence-corrected chi connectivity index (χ4v) is 1.90. The third-order valence-corrected chi connectivity index (χ3v) is 2.68. The van der Waals surface area contributed by atoms with Gasteiger partial charge in [-0.1, -0.05) is 27.7 Å². The molecule has 0 aromatic heterocycles. The van der Waals surface area contributed by atoms with Crippen LogP contribution in [-0.4, -0.2) is 6.10 Å². The summed E-state index contributed by atoms with van der Waals surface area (Å²) in [4.78, 5) is 0. The number of rotatable bonds is 2. The van der Waals surface area contributed by atoms with E-state index in [-0.39, 0.29) is 0 Å². The molecule has 2 atom stereocenters. The molecule has 0 aromatic carbocycles. The van der Waals surface area contributed by atoms with E-state index in [0.29, 0.717) is 17.9 Å². The first-order valence-electron chi connectivity index (χ1n) is 4.93. The lowest BCUT2D eigenvalue weighted by Gasteiger charge is -2.34. The van der Waals surface area contributed by atoms with Crippen LogP contribution in [0.2, 0.25) is 0 Å². The van der Waals surface area contributed by atoms with E-state index < -0.39 is 0 Å². The summed E-state index contributed by atoms with van der Waals surface area (Å²) in [6.07, 6.45) is 5.61. The van der Waals surface area contributed by atoms with Crippen LogP contribution in [0.3, 0.4) is 0 Å². The first-order chi connectivity index (χ1) is 5.63. The minimum absolute atomic E-state index is 0.426. The Morgan fingerprint density at radius 1 is 1.17 bits per heavy atom. The van der Waals surface area contributed by atoms with E-state index in [1.54, 1.807) is 0 Å². The van der Waals surface area contributed by atoms with Gasteiger partial charge in [0.05, 0.1) is 6.26 Å². The lowest BCUT2D eigenvalue weighted by molar-refractivity contribution is 0.0157. The van der Waals surface area contributed by atoms with E-state index in [1.165, 1.54) is 6.42 Å². The molecule has 0 N–H and O–H groups in total. The molecule has 1 heterocycles. The first kappa shape index (κ1) is 9.63. The van der Waals surface area contributed by atoms with Crippen molar-refractivity contribution in [2.24, 2.45) is 17.8 Å². The van der Waals surface area contributed by atoms with Gasteiger partial charge in [0.15, 0.2) is 0 Å². The smallest absolute Gasteiger partial charge is 0.103 e. The van der Waals surface area contributed by atoms with E-state index in [9.17, 15) is 0 Å². The minimum atomic E-state index is 0.426. The quantitative estimate of drug-likeness (QED) is 0.615. The van der Waals surface area contributed by atoms with Crippen LogP contribution in [0.25, 0.3) is 0 Å². The second-order valence-corrected chi connectivity index (χ2v) is 4.36. The van der Waals surface area contributed by atoms with Gasteiger partial charge in [-0.3, -0.25) is 0 Å². The molecule has 0 aromatic rings. The molecular formula is C11H20O. The Morgan fingerprint density at radius 2 is 1.83 bits per heavy atom. The minimum Gasteiger partial charge on any atom is -0.498 e. The van der Waals surface area contributed by atoms with E-state index in [0.717, 1.165) is 5.92 Å². The van der Waals surface area contributed by atoms with E-state index in [2.05, 4.69) is 33.8 Å². The maximum atomic E-state index is 5.63. The number of allylic oxidation sites excluding steroid dienone is 1. The highest BCUT2D eigenvalue weighted by atomic mass is 16.5. The van der Waals surface area contributed by atoms with Crippen LogP contribution in [0, 0.1) is 17.8 Å². The molecule has 0 bridgehead atoms. The van der Waals surface area contributed by atoms with Crippen molar-refractivity contribution in [1.82, 2.24) is 0 Å². The van der Waals surface area contributed by atoms with E-state index in [1.807, 2.05) is 6.26 Å². The lowest BCUT2D eigenvalue weighted by Crippen LogP contribution is -2.33. The van der Waals surface area contributed by atoms with Crippen LogP contribution in [0.1, 0.15) is 34.1 Å². The average Bonchev–Trinajstić information content (AvgIpc) is 2.04. The topological polar surface area (TPSA) is 9.23 Å². The maximum absolute atomic E-state index is 5.63. The summed E-state index contributed by atoms with van der Waals surface area (Å²) in [5, 5.41) is 0. The summed E-state index contributed by atoms with van der Waals surface area (Å²) >= 11 is 0. The largest absolute Gasteiger partial charge is 0.498 e. The van der Waals surface area contributed by atoms with Crippen LogP contribution < -0.4 is 0 Å². The van der Waals surface area contributed by atoms with Crippen molar-refractivity contribution >= 4 is 0 Å². The standard InChI is InChI=1S/C11H20O/c1-8(2)10-6-5-7-12-11(10)9(3)4/h5,7-11H,6H2,1-4H3. The molecule has 1 heteroatoms. The maximum Gasteiger partial charge on any atom is 0.103 e. The molecule has 0 aliphatic carbocycles. The Labute approximate surface area is 75.8 Å². The molecule has 1 rings (SSSR count). The molecule has 0 fully saturated rings. The van der Waals surface area contributed by atoms with E-state index >= 15 is 0 Å². The molecule has 0 spiro atoms. The average molecular weight is 168 g/mol. The third kappa shape index (κ3) is 2.02. The molecule has 0 saturated heterocycles. The zero-order chi connectivity index (χ0) is 9.14. The summed E-state index contributed by atoms with van der Waals surface area (Å²) in [6, 6.07) is 0. The molecule has 70 valence electrons. The van der Waals surface area contributed by atoms with Gasteiger partial charge in [-0.2, -0.15) is 0 Å². The first-order valence-corrected chi connectivity index (χ1v) is 4.93. The summed E-state index contributed by atoms with van der Waals surface area (Å²) in [5.74, 6) is 2.06. The molecule has 0 radical (unpaired) electrons. The number of hydrogen-bond acceptors (Lipinski definition) is 1. The zero-order valence-electron chi connectivity index (χ0n) is 8.58. The monoisotopic (exact) mass is 168 g/mol. The fourth-order valence-electron chi connectivity index (χ4n) is 1.90. The van der Waals surface area contributed by atoms with Crippen molar-refractivity contribution in [1.29, 1.82) is 0 Å². The second-order valence-electron chi connectivity index (χ2n) is 4.36. The number of ether oxygens (including phenoxy) is 1. The predicted molar refractivity (Wildman–Crippen MR) is 51.8 cm³/mol. The molecule has 1 nitrogen and oxygen atoms in total. The second kappa shape index (κ2) is 3.97. The summed E-state index contributed by atoms with van der Waals surface area (Å²) in [7, 11) is 0. The fraction of sp³-hybridized carbons (Fsp3) is 0.818. The Morgan fingerprint density at radius 3 is 2.25 bits per heavy atom. The van der Waals surface area contributed by atoms with Gasteiger partial charge in [-0.25, -0.2) is 0 Å². The molecule has 0 saturated carbocycles. The Kier molecular flexibility index (Phi) is 3.19. The van der Waals surface area contributed by atoms with Gasteiger partial charge in [-0.15, -0.1) is 0 Å². The Hall–Kier alpha value is -0.460. The normalized spacial score (nSPS) is 29.5. The lowest BCUT2D eigenvalue weighted by atomic mass is 9.81. The van der Waals surface area contributed by atoms with Crippen LogP contribution in [0.15, 0.2) is 12.3 Å². The van der Waals surface area contributed by atoms with Crippen molar-refractivity contribution in [3.8, 4) is 0 Å². The van der Waals surface area contributed by atoms with Crippen molar-refractivity contribution in [3.05, 3.63) is 12.3 Å². The SMILES string of the molecule is CC(C)C1CC=COC1C(C)C. The molecular weight excluding hydrogens is 148 g/mol. The van der Waals surface area contributed by atoms with Crippen LogP contribution in [0.4, 0.5) is 0 Å². The number of hydrogen-bond donors (Lipinski definition) is 0. The van der Waals surface area contributed by atoms with Crippen LogP contribution in [0.5, 0.6) is 0 Å². The van der Waals surface area contributed by atoms with Crippen molar-refractivity contribution in [2.45, 2.75) is 40.2 Å². The predicted octanol–water partition coefficient (Wildman–Crippen LogP) is 3.22. The Balaban J connectivity index is 2.63. The molecule has 1 aliphatic heterocycles. The summed E-state index contributed by atoms with van der Waals surface area (Å²) in [6.45, 7) is 9.03. The highest BCUT2D eigenvalue weighted by Crippen LogP contribution is 2.30.